The molecule has 1 fully saturated rings. The second kappa shape index (κ2) is 5.94. The monoisotopic (exact) mass is 314 g/mol. The van der Waals surface area contributed by atoms with Crippen LogP contribution >= 0.6 is 23.2 Å². The number of hydrogen-bond donors (Lipinski definition) is 2. The molecule has 1 amide bonds. The maximum atomic E-state index is 12.2. The molecule has 1 aliphatic heterocycles. The minimum Gasteiger partial charge on any atom is -0.352 e. The van der Waals surface area contributed by atoms with E-state index < -0.39 is 0 Å². The maximum Gasteiger partial charge on any atom is 0.269 e. The quantitative estimate of drug-likeness (QED) is 0.824. The number of nitrogens with one attached hydrogen (secondary N) is 2. The molecule has 1 saturated heterocycles. The fourth-order valence-electron chi connectivity index (χ4n) is 2.44. The largest absolute Gasteiger partial charge is 0.352 e. The van der Waals surface area contributed by atoms with E-state index in [2.05, 4.69) is 16.5 Å². The molecule has 1 aliphatic rings. The average molecular weight is 315 g/mol. The van der Waals surface area contributed by atoms with Crippen molar-refractivity contribution in [2.45, 2.75) is 38.8 Å². The van der Waals surface area contributed by atoms with E-state index in [1.165, 1.54) is 0 Å². The van der Waals surface area contributed by atoms with Gasteiger partial charge in [0.1, 0.15) is 5.69 Å². The van der Waals surface area contributed by atoms with E-state index >= 15 is 0 Å². The molecule has 0 aromatic carbocycles. The zero-order valence-electron chi connectivity index (χ0n) is 11.3. The van der Waals surface area contributed by atoms with Gasteiger partial charge in [0.25, 0.3) is 5.91 Å². The number of halogens is 2. The Morgan fingerprint density at radius 3 is 2.70 bits per heavy atom. The highest BCUT2D eigenvalue weighted by molar-refractivity contribution is 6.44. The summed E-state index contributed by atoms with van der Waals surface area (Å²) in [5.74, 6) is -0.257. The Balaban J connectivity index is 2.02. The van der Waals surface area contributed by atoms with Crippen LogP contribution in [-0.2, 0) is 0 Å². The van der Waals surface area contributed by atoms with Crippen molar-refractivity contribution in [2.24, 2.45) is 0 Å². The van der Waals surface area contributed by atoms with Gasteiger partial charge in [-0.1, -0.05) is 23.2 Å². The lowest BCUT2D eigenvalue weighted by Crippen LogP contribution is -2.47. The summed E-state index contributed by atoms with van der Waals surface area (Å²) in [7, 11) is 0. The van der Waals surface area contributed by atoms with E-state index in [1.54, 1.807) is 11.8 Å². The molecule has 2 unspecified atom stereocenters. The highest BCUT2D eigenvalue weighted by atomic mass is 35.5. The number of H-pyrrole nitrogens is 1. The molecule has 0 aliphatic carbocycles. The molecule has 1 aromatic rings. The van der Waals surface area contributed by atoms with Gasteiger partial charge in [0, 0.05) is 24.3 Å². The molecule has 20 heavy (non-hydrogen) atoms. The fourth-order valence-corrected chi connectivity index (χ4v) is 2.85. The molecule has 0 saturated carbocycles. The molecule has 0 bridgehead atoms. The second-order valence-corrected chi connectivity index (χ2v) is 5.85. The molecule has 2 atom stereocenters. The van der Waals surface area contributed by atoms with Crippen LogP contribution in [0.3, 0.4) is 0 Å². The van der Waals surface area contributed by atoms with Crippen molar-refractivity contribution in [1.82, 2.24) is 15.2 Å². The van der Waals surface area contributed by atoms with Gasteiger partial charge in [-0.3, -0.25) is 4.79 Å². The zero-order valence-corrected chi connectivity index (χ0v) is 12.8. The minimum atomic E-state index is -0.257. The average Bonchev–Trinajstić information content (AvgIpc) is 2.67. The van der Waals surface area contributed by atoms with Gasteiger partial charge >= 0.3 is 0 Å². The molecule has 0 spiro atoms. The molecule has 2 N–H and O–H groups in total. The number of aromatic amines is 1. The van der Waals surface area contributed by atoms with Gasteiger partial charge in [0.15, 0.2) is 6.19 Å². The van der Waals surface area contributed by atoms with E-state index in [0.717, 1.165) is 12.8 Å². The highest BCUT2D eigenvalue weighted by Gasteiger charge is 2.27. The van der Waals surface area contributed by atoms with Crippen LogP contribution in [0.2, 0.25) is 10.0 Å². The molecular formula is C13H16Cl2N4O. The Morgan fingerprint density at radius 1 is 1.50 bits per heavy atom. The first kappa shape index (κ1) is 15.0. The second-order valence-electron chi connectivity index (χ2n) is 5.09. The number of carbonyl (C=O) groups excluding carboxylic acids is 1. The van der Waals surface area contributed by atoms with Crippen LogP contribution in [0, 0.1) is 18.4 Å². The number of likely N-dealkylation sites (tertiary alicyclic amines) is 1. The summed E-state index contributed by atoms with van der Waals surface area (Å²) >= 11 is 12.0. The lowest BCUT2D eigenvalue weighted by molar-refractivity contribution is 0.0903. The summed E-state index contributed by atoms with van der Waals surface area (Å²) in [4.78, 5) is 16.8. The van der Waals surface area contributed by atoms with Gasteiger partial charge in [0.2, 0.25) is 0 Å². The predicted molar refractivity (Wildman–Crippen MR) is 77.8 cm³/mol. The predicted octanol–water partition coefficient (Wildman–Crippen LogP) is 2.69. The summed E-state index contributed by atoms with van der Waals surface area (Å²) < 4.78 is 0. The number of nitriles is 1. The van der Waals surface area contributed by atoms with Crippen LogP contribution in [0.25, 0.3) is 0 Å². The summed E-state index contributed by atoms with van der Waals surface area (Å²) in [6, 6.07) is 0.170. The number of amides is 1. The number of piperidine rings is 1. The summed E-state index contributed by atoms with van der Waals surface area (Å²) in [6.07, 6.45) is 3.64. The Bertz CT molecular complexity index is 563. The van der Waals surface area contributed by atoms with Gasteiger partial charge in [-0.15, -0.1) is 0 Å². The Kier molecular flexibility index (Phi) is 4.46. The molecule has 108 valence electrons. The van der Waals surface area contributed by atoms with Crippen LogP contribution in [0.5, 0.6) is 0 Å². The smallest absolute Gasteiger partial charge is 0.269 e. The van der Waals surface area contributed by atoms with Gasteiger partial charge in [-0.2, -0.15) is 5.26 Å². The van der Waals surface area contributed by atoms with Crippen LogP contribution in [0.1, 0.15) is 35.9 Å². The molecule has 2 heterocycles. The van der Waals surface area contributed by atoms with Crippen molar-refractivity contribution in [1.29, 1.82) is 5.26 Å². The van der Waals surface area contributed by atoms with Crippen LogP contribution in [0.4, 0.5) is 0 Å². The Morgan fingerprint density at radius 2 is 2.20 bits per heavy atom. The Labute approximate surface area is 127 Å². The van der Waals surface area contributed by atoms with Crippen molar-refractivity contribution < 1.29 is 4.79 Å². The van der Waals surface area contributed by atoms with Crippen LogP contribution < -0.4 is 5.32 Å². The molecule has 0 radical (unpaired) electrons. The number of carbonyl (C=O) groups is 1. The van der Waals surface area contributed by atoms with E-state index in [1.807, 2.05) is 6.92 Å². The summed E-state index contributed by atoms with van der Waals surface area (Å²) in [6.45, 7) is 4.39. The van der Waals surface area contributed by atoms with E-state index in [9.17, 15) is 4.79 Å². The van der Waals surface area contributed by atoms with Crippen molar-refractivity contribution >= 4 is 29.1 Å². The minimum absolute atomic E-state index is 0.0422. The molecule has 7 heteroatoms. The van der Waals surface area contributed by atoms with Crippen LogP contribution in [-0.4, -0.2) is 34.4 Å². The van der Waals surface area contributed by atoms with Gasteiger partial charge in [0.05, 0.1) is 10.0 Å². The zero-order chi connectivity index (χ0) is 14.9. The number of aromatic nitrogens is 1. The SMILES string of the molecule is Cc1[nH]c(C(=O)NC2CCN(C#N)C(C)C2)c(Cl)c1Cl. The van der Waals surface area contributed by atoms with Gasteiger partial charge < -0.3 is 15.2 Å². The molecular weight excluding hydrogens is 299 g/mol. The number of hydrogen-bond acceptors (Lipinski definition) is 3. The Hall–Kier alpha value is -1.38. The molecule has 1 aromatic heterocycles. The maximum absolute atomic E-state index is 12.2. The summed E-state index contributed by atoms with van der Waals surface area (Å²) in [5, 5.41) is 12.5. The normalized spacial score (nSPS) is 22.4. The lowest BCUT2D eigenvalue weighted by atomic mass is 9.99. The first-order valence-electron chi connectivity index (χ1n) is 6.44. The number of rotatable bonds is 2. The molecule has 5 nitrogen and oxygen atoms in total. The van der Waals surface area contributed by atoms with Crippen molar-refractivity contribution in [3.05, 3.63) is 21.4 Å². The van der Waals surface area contributed by atoms with Gasteiger partial charge in [-0.25, -0.2) is 0 Å². The van der Waals surface area contributed by atoms with Crippen molar-refractivity contribution in [2.75, 3.05) is 6.54 Å². The first-order chi connectivity index (χ1) is 9.43. The van der Waals surface area contributed by atoms with Crippen molar-refractivity contribution in [3.8, 4) is 6.19 Å². The lowest BCUT2D eigenvalue weighted by Gasteiger charge is -2.34. The van der Waals surface area contributed by atoms with E-state index in [0.29, 0.717) is 23.0 Å². The highest BCUT2D eigenvalue weighted by Crippen LogP contribution is 2.29. The third kappa shape index (κ3) is 2.87. The third-order valence-electron chi connectivity index (χ3n) is 3.62. The summed E-state index contributed by atoms with van der Waals surface area (Å²) in [5.41, 5.74) is 0.971. The van der Waals surface area contributed by atoms with E-state index in [4.69, 9.17) is 28.5 Å². The fraction of sp³-hybridized carbons (Fsp3) is 0.538. The number of aryl methyl sites for hydroxylation is 1. The van der Waals surface area contributed by atoms with Gasteiger partial charge in [-0.05, 0) is 26.7 Å². The first-order valence-corrected chi connectivity index (χ1v) is 7.20. The van der Waals surface area contributed by atoms with E-state index in [-0.39, 0.29) is 23.0 Å². The van der Waals surface area contributed by atoms with Crippen molar-refractivity contribution in [3.63, 3.8) is 0 Å². The topological polar surface area (TPSA) is 71.9 Å². The number of nitrogens with zero attached hydrogens (tertiary/aromatic N) is 2. The molecule has 2 rings (SSSR count). The third-order valence-corrected chi connectivity index (χ3v) is 4.57. The van der Waals surface area contributed by atoms with Crippen LogP contribution in [0.15, 0.2) is 0 Å². The standard InChI is InChI=1S/C13H16Cl2N4O/c1-7-5-9(3-4-19(7)6-16)18-13(20)12-11(15)10(14)8(2)17-12/h7,9,17H,3-5H2,1-2H3,(H,18,20).